The Kier molecular flexibility index (Phi) is 2.55. The van der Waals surface area contributed by atoms with Crippen LogP contribution in [0.5, 0.6) is 0 Å². The number of benzene rings is 1. The Morgan fingerprint density at radius 2 is 1.86 bits per heavy atom. The van der Waals surface area contributed by atoms with Gasteiger partial charge in [-0.1, -0.05) is 18.2 Å². The molecule has 14 heavy (non-hydrogen) atoms. The number of thioether (sulfide) groups is 1. The van der Waals surface area contributed by atoms with Crippen molar-refractivity contribution in [2.45, 2.75) is 20.8 Å². The largest absolute Gasteiger partial charge is 0.334 e. The number of aryl methyl sites for hydroxylation is 1. The van der Waals surface area contributed by atoms with Crippen molar-refractivity contribution < 1.29 is 0 Å². The molecule has 0 saturated carbocycles. The summed E-state index contributed by atoms with van der Waals surface area (Å²) in [6.07, 6.45) is 0. The zero-order valence-corrected chi connectivity index (χ0v) is 9.69. The lowest BCUT2D eigenvalue weighted by molar-refractivity contribution is 1.06. The Morgan fingerprint density at radius 1 is 1.14 bits per heavy atom. The van der Waals surface area contributed by atoms with Crippen LogP contribution in [0.4, 0.5) is 5.69 Å². The molecular weight excluding hydrogens is 190 g/mol. The summed E-state index contributed by atoms with van der Waals surface area (Å²) in [6, 6.07) is 8.56. The average Bonchev–Trinajstić information content (AvgIpc) is 2.49. The highest BCUT2D eigenvalue weighted by Gasteiger charge is 2.18. The van der Waals surface area contributed by atoms with Crippen LogP contribution in [0.15, 0.2) is 34.9 Å². The van der Waals surface area contributed by atoms with E-state index in [4.69, 9.17) is 0 Å². The molecule has 1 aromatic rings. The van der Waals surface area contributed by atoms with Gasteiger partial charge in [0.25, 0.3) is 0 Å². The topological polar surface area (TPSA) is 3.24 Å². The highest BCUT2D eigenvalue weighted by Crippen LogP contribution is 2.36. The molecule has 0 aromatic heterocycles. The van der Waals surface area contributed by atoms with Gasteiger partial charge in [0.15, 0.2) is 0 Å². The summed E-state index contributed by atoms with van der Waals surface area (Å²) < 4.78 is 0. The number of para-hydroxylation sites is 1. The summed E-state index contributed by atoms with van der Waals surface area (Å²) in [6.45, 7) is 6.56. The molecule has 2 rings (SSSR count). The quantitative estimate of drug-likeness (QED) is 0.687. The van der Waals surface area contributed by atoms with Gasteiger partial charge in [-0.2, -0.15) is 0 Å². The monoisotopic (exact) mass is 205 g/mol. The Labute approximate surface area is 89.8 Å². The molecule has 1 aliphatic heterocycles. The molecule has 1 heterocycles. The van der Waals surface area contributed by atoms with Gasteiger partial charge in [0, 0.05) is 16.3 Å². The van der Waals surface area contributed by atoms with Crippen molar-refractivity contribution >= 4 is 17.4 Å². The van der Waals surface area contributed by atoms with Crippen molar-refractivity contribution in [3.05, 3.63) is 40.4 Å². The van der Waals surface area contributed by atoms with Gasteiger partial charge < -0.3 is 4.90 Å². The van der Waals surface area contributed by atoms with Crippen molar-refractivity contribution in [2.75, 3.05) is 10.8 Å². The lowest BCUT2D eigenvalue weighted by Gasteiger charge is -2.21. The normalized spacial score (nSPS) is 16.6. The van der Waals surface area contributed by atoms with Crippen LogP contribution in [0, 0.1) is 6.92 Å². The fourth-order valence-electron chi connectivity index (χ4n) is 1.67. The van der Waals surface area contributed by atoms with Crippen molar-refractivity contribution in [3.63, 3.8) is 0 Å². The van der Waals surface area contributed by atoms with E-state index in [1.807, 2.05) is 11.8 Å². The molecule has 0 amide bonds. The minimum absolute atomic E-state index is 1.06. The molecule has 0 aliphatic carbocycles. The Morgan fingerprint density at radius 3 is 2.43 bits per heavy atom. The zero-order chi connectivity index (χ0) is 10.1. The molecule has 1 nitrogen and oxygen atoms in total. The first kappa shape index (κ1) is 9.66. The molecule has 0 spiro atoms. The van der Waals surface area contributed by atoms with Crippen molar-refractivity contribution in [3.8, 4) is 0 Å². The molecule has 0 fully saturated rings. The number of allylic oxidation sites excluding steroid dienone is 2. The second-order valence-corrected chi connectivity index (χ2v) is 4.79. The van der Waals surface area contributed by atoms with Gasteiger partial charge >= 0.3 is 0 Å². The second-order valence-electron chi connectivity index (χ2n) is 3.63. The van der Waals surface area contributed by atoms with E-state index < -0.39 is 0 Å². The summed E-state index contributed by atoms with van der Waals surface area (Å²) in [4.78, 5) is 3.82. The molecule has 0 bridgehead atoms. The summed E-state index contributed by atoms with van der Waals surface area (Å²) >= 11 is 1.92. The molecule has 0 atom stereocenters. The van der Waals surface area contributed by atoms with Crippen molar-refractivity contribution in [1.29, 1.82) is 0 Å². The van der Waals surface area contributed by atoms with Gasteiger partial charge in [-0.25, -0.2) is 0 Å². The number of hydrogen-bond acceptors (Lipinski definition) is 2. The number of rotatable bonds is 1. The molecular formula is C12H15NS. The molecule has 0 radical (unpaired) electrons. The predicted molar refractivity (Wildman–Crippen MR) is 64.5 cm³/mol. The summed E-state index contributed by atoms with van der Waals surface area (Å²) in [5.74, 6) is 1.06. The van der Waals surface area contributed by atoms with E-state index in [9.17, 15) is 0 Å². The first-order valence-corrected chi connectivity index (χ1v) is 5.82. The van der Waals surface area contributed by atoms with Gasteiger partial charge in [0.05, 0.1) is 5.88 Å². The second kappa shape index (κ2) is 3.70. The van der Waals surface area contributed by atoms with Gasteiger partial charge in [-0.15, -0.1) is 11.8 Å². The van der Waals surface area contributed by atoms with Gasteiger partial charge in [0.2, 0.25) is 0 Å². The number of nitrogens with zero attached hydrogens (tertiary/aromatic N) is 1. The summed E-state index contributed by atoms with van der Waals surface area (Å²) in [5, 5.41) is 0. The number of anilines is 1. The summed E-state index contributed by atoms with van der Waals surface area (Å²) in [7, 11) is 0. The van der Waals surface area contributed by atoms with Crippen LogP contribution in [-0.4, -0.2) is 5.88 Å². The molecule has 1 aliphatic rings. The molecule has 0 unspecified atom stereocenters. The van der Waals surface area contributed by atoms with Crippen LogP contribution in [0.3, 0.4) is 0 Å². The first-order valence-electron chi connectivity index (χ1n) is 4.83. The van der Waals surface area contributed by atoms with E-state index in [0.717, 1.165) is 5.88 Å². The molecule has 1 aromatic carbocycles. The molecule has 2 heteroatoms. The molecule has 0 saturated heterocycles. The van der Waals surface area contributed by atoms with Crippen LogP contribution >= 0.6 is 11.8 Å². The predicted octanol–water partition coefficient (Wildman–Crippen LogP) is 3.76. The van der Waals surface area contributed by atoms with Crippen LogP contribution in [0.1, 0.15) is 19.4 Å². The highest BCUT2D eigenvalue weighted by molar-refractivity contribution is 8.03. The maximum Gasteiger partial charge on any atom is 0.0729 e. The fourth-order valence-corrected chi connectivity index (χ4v) is 2.64. The third kappa shape index (κ3) is 1.55. The van der Waals surface area contributed by atoms with E-state index in [0.29, 0.717) is 0 Å². The SMILES string of the molecule is CC1=C(C)N(c2ccccc2C)CS1. The van der Waals surface area contributed by atoms with Crippen molar-refractivity contribution in [1.82, 2.24) is 0 Å². The highest BCUT2D eigenvalue weighted by atomic mass is 32.2. The maximum atomic E-state index is 2.38. The lowest BCUT2D eigenvalue weighted by Crippen LogP contribution is -2.16. The third-order valence-corrected chi connectivity index (χ3v) is 3.85. The van der Waals surface area contributed by atoms with Crippen LogP contribution < -0.4 is 4.90 Å². The number of hydrogen-bond donors (Lipinski definition) is 0. The Balaban J connectivity index is 2.38. The Hall–Kier alpha value is -0.890. The molecule has 74 valence electrons. The van der Waals surface area contributed by atoms with Crippen LogP contribution in [0.25, 0.3) is 0 Å². The van der Waals surface area contributed by atoms with Gasteiger partial charge in [-0.05, 0) is 32.4 Å². The minimum atomic E-state index is 1.06. The van der Waals surface area contributed by atoms with E-state index >= 15 is 0 Å². The lowest BCUT2D eigenvalue weighted by atomic mass is 10.2. The van der Waals surface area contributed by atoms with Gasteiger partial charge in [-0.3, -0.25) is 0 Å². The van der Waals surface area contributed by atoms with E-state index in [1.165, 1.54) is 21.9 Å². The molecule has 0 N–H and O–H groups in total. The summed E-state index contributed by atoms with van der Waals surface area (Å²) in [5.41, 5.74) is 4.08. The maximum absolute atomic E-state index is 2.38. The zero-order valence-electron chi connectivity index (χ0n) is 8.87. The van der Waals surface area contributed by atoms with Crippen LogP contribution in [0.2, 0.25) is 0 Å². The standard InChI is InChI=1S/C12H15NS/c1-9-6-4-5-7-12(9)13-8-14-11(3)10(13)2/h4-7H,8H2,1-3H3. The van der Waals surface area contributed by atoms with E-state index in [2.05, 4.69) is 49.9 Å². The fraction of sp³-hybridized carbons (Fsp3) is 0.333. The first-order chi connectivity index (χ1) is 6.70. The minimum Gasteiger partial charge on any atom is -0.334 e. The average molecular weight is 205 g/mol. The Bertz CT molecular complexity index is 382. The van der Waals surface area contributed by atoms with E-state index in [1.54, 1.807) is 0 Å². The van der Waals surface area contributed by atoms with Crippen LogP contribution in [-0.2, 0) is 0 Å². The smallest absolute Gasteiger partial charge is 0.0729 e. The third-order valence-electron chi connectivity index (χ3n) is 2.73. The van der Waals surface area contributed by atoms with Gasteiger partial charge in [0.1, 0.15) is 0 Å². The van der Waals surface area contributed by atoms with Crippen molar-refractivity contribution in [2.24, 2.45) is 0 Å². The van der Waals surface area contributed by atoms with E-state index in [-0.39, 0.29) is 0 Å².